The maximum Gasteiger partial charge on any atom is 0.328 e. The third-order valence-electron chi connectivity index (χ3n) is 2.36. The molecule has 1 rings (SSSR count). The van der Waals surface area contributed by atoms with Crippen molar-refractivity contribution in [1.29, 1.82) is 0 Å². The van der Waals surface area contributed by atoms with Crippen molar-refractivity contribution >= 4 is 23.6 Å². The summed E-state index contributed by atoms with van der Waals surface area (Å²) in [6.45, 7) is 0. The van der Waals surface area contributed by atoms with Crippen molar-refractivity contribution in [1.82, 2.24) is 5.32 Å². The summed E-state index contributed by atoms with van der Waals surface area (Å²) in [7, 11) is 2.92. The second-order valence-electron chi connectivity index (χ2n) is 3.70. The number of carboxylic acids is 1. The normalized spacial score (nSPS) is 10.1. The number of hydrogen-bond acceptors (Lipinski definition) is 4. The third-order valence-corrected chi connectivity index (χ3v) is 2.36. The van der Waals surface area contributed by atoms with Gasteiger partial charge in [-0.1, -0.05) is 12.1 Å². The van der Waals surface area contributed by atoms with Crippen LogP contribution in [0.5, 0.6) is 5.75 Å². The van der Waals surface area contributed by atoms with Crippen LogP contribution in [0.2, 0.25) is 0 Å². The van der Waals surface area contributed by atoms with Gasteiger partial charge in [-0.2, -0.15) is 0 Å². The molecule has 0 spiro atoms. The van der Waals surface area contributed by atoms with Crippen LogP contribution < -0.4 is 15.0 Å². The molecule has 7 heteroatoms. The molecule has 0 radical (unpaired) electrons. The maximum atomic E-state index is 11.8. The molecular weight excluding hydrogens is 264 g/mol. The van der Waals surface area contributed by atoms with Crippen molar-refractivity contribution in [2.45, 2.75) is 0 Å². The topological polar surface area (TPSA) is 95.9 Å². The van der Waals surface area contributed by atoms with E-state index in [0.717, 1.165) is 6.08 Å². The van der Waals surface area contributed by atoms with Crippen LogP contribution in [0.15, 0.2) is 36.4 Å². The van der Waals surface area contributed by atoms with Crippen LogP contribution >= 0.6 is 0 Å². The molecule has 0 aromatic heterocycles. The Morgan fingerprint density at radius 2 is 1.90 bits per heavy atom. The van der Waals surface area contributed by atoms with Gasteiger partial charge in [0.2, 0.25) is 0 Å². The van der Waals surface area contributed by atoms with Crippen molar-refractivity contribution in [3.05, 3.63) is 36.4 Å². The van der Waals surface area contributed by atoms with E-state index in [1.165, 1.54) is 19.1 Å². The lowest BCUT2D eigenvalue weighted by molar-refractivity contribution is -0.131. The number of hydrogen-bond donors (Lipinski definition) is 2. The number of methoxy groups -OCH3 is 1. The fourth-order valence-corrected chi connectivity index (χ4v) is 1.39. The van der Waals surface area contributed by atoms with Gasteiger partial charge in [0.1, 0.15) is 5.75 Å². The minimum atomic E-state index is -1.27. The second-order valence-corrected chi connectivity index (χ2v) is 3.70. The number of benzene rings is 1. The molecule has 106 valence electrons. The van der Waals surface area contributed by atoms with E-state index in [2.05, 4.69) is 0 Å². The number of carboxylic acid groups (broad SMARTS) is 1. The highest BCUT2D eigenvalue weighted by molar-refractivity contribution is 6.07. The highest BCUT2D eigenvalue weighted by atomic mass is 16.5. The van der Waals surface area contributed by atoms with Gasteiger partial charge in [-0.15, -0.1) is 0 Å². The summed E-state index contributed by atoms with van der Waals surface area (Å²) in [5.41, 5.74) is 0.475. The zero-order valence-corrected chi connectivity index (χ0v) is 11.0. The Kier molecular flexibility index (Phi) is 5.28. The van der Waals surface area contributed by atoms with E-state index in [9.17, 15) is 14.4 Å². The van der Waals surface area contributed by atoms with E-state index in [0.29, 0.717) is 17.5 Å². The first-order chi connectivity index (χ1) is 9.45. The van der Waals surface area contributed by atoms with Crippen LogP contribution in [0.25, 0.3) is 0 Å². The molecule has 0 heterocycles. The first-order valence-electron chi connectivity index (χ1n) is 5.58. The largest absolute Gasteiger partial charge is 0.495 e. The number of carbonyl (C=O) groups excluding carboxylic acids is 2. The molecule has 2 N–H and O–H groups in total. The third kappa shape index (κ3) is 4.13. The zero-order valence-electron chi connectivity index (χ0n) is 11.0. The summed E-state index contributed by atoms with van der Waals surface area (Å²) in [6.07, 6.45) is 1.40. The van der Waals surface area contributed by atoms with Gasteiger partial charge in [-0.3, -0.25) is 15.0 Å². The second kappa shape index (κ2) is 6.93. The van der Waals surface area contributed by atoms with Gasteiger partial charge in [-0.05, 0) is 12.1 Å². The zero-order chi connectivity index (χ0) is 15.1. The molecule has 0 aliphatic rings. The van der Waals surface area contributed by atoms with Gasteiger partial charge < -0.3 is 9.84 Å². The monoisotopic (exact) mass is 278 g/mol. The van der Waals surface area contributed by atoms with Crippen molar-refractivity contribution in [3.8, 4) is 5.75 Å². The van der Waals surface area contributed by atoms with Crippen molar-refractivity contribution < 1.29 is 24.2 Å². The summed E-state index contributed by atoms with van der Waals surface area (Å²) in [5, 5.41) is 10.4. The quantitative estimate of drug-likeness (QED) is 0.801. The van der Waals surface area contributed by atoms with Crippen molar-refractivity contribution in [2.24, 2.45) is 0 Å². The summed E-state index contributed by atoms with van der Waals surface area (Å²) in [5.74, 6) is -1.62. The lowest BCUT2D eigenvalue weighted by Gasteiger charge is -2.19. The van der Waals surface area contributed by atoms with E-state index in [4.69, 9.17) is 9.84 Å². The molecular formula is C13H14N2O5. The molecule has 20 heavy (non-hydrogen) atoms. The molecule has 0 saturated heterocycles. The first-order valence-corrected chi connectivity index (χ1v) is 5.58. The molecule has 1 aromatic rings. The van der Waals surface area contributed by atoms with E-state index < -0.39 is 17.9 Å². The Morgan fingerprint density at radius 3 is 2.50 bits per heavy atom. The lowest BCUT2D eigenvalue weighted by atomic mass is 10.3. The van der Waals surface area contributed by atoms with E-state index >= 15 is 0 Å². The average Bonchev–Trinajstić information content (AvgIpc) is 2.44. The van der Waals surface area contributed by atoms with Crippen molar-refractivity contribution in [2.75, 3.05) is 19.1 Å². The Hall–Kier alpha value is -2.83. The van der Waals surface area contributed by atoms with E-state index in [1.807, 2.05) is 5.32 Å². The standard InChI is InChI=1S/C13H14N2O5/c1-15(9-5-3-4-6-10(9)20-2)13(19)14-11(16)7-8-12(17)18/h3-8H,1-2H3,(H,17,18)(H,14,16,19). The lowest BCUT2D eigenvalue weighted by Crippen LogP contribution is -2.40. The van der Waals surface area contributed by atoms with Gasteiger partial charge in [0, 0.05) is 19.2 Å². The van der Waals surface area contributed by atoms with Crippen LogP contribution in [-0.2, 0) is 9.59 Å². The highest BCUT2D eigenvalue weighted by Crippen LogP contribution is 2.26. The van der Waals surface area contributed by atoms with Gasteiger partial charge in [0.25, 0.3) is 5.91 Å². The van der Waals surface area contributed by atoms with Gasteiger partial charge in [0.05, 0.1) is 12.8 Å². The number of para-hydroxylation sites is 2. The number of nitrogens with zero attached hydrogens (tertiary/aromatic N) is 1. The molecule has 7 nitrogen and oxygen atoms in total. The molecule has 1 aromatic carbocycles. The number of urea groups is 1. The fourth-order valence-electron chi connectivity index (χ4n) is 1.39. The molecule has 0 atom stereocenters. The SMILES string of the molecule is COc1ccccc1N(C)C(=O)NC(=O)C=CC(=O)O. The number of anilines is 1. The van der Waals surface area contributed by atoms with Gasteiger partial charge in [-0.25, -0.2) is 9.59 Å². The summed E-state index contributed by atoms with van der Waals surface area (Å²) >= 11 is 0. The molecule has 0 bridgehead atoms. The fraction of sp³-hybridized carbons (Fsp3) is 0.154. The maximum absolute atomic E-state index is 11.8. The number of nitrogens with one attached hydrogen (secondary N) is 1. The first kappa shape index (κ1) is 15.2. The van der Waals surface area contributed by atoms with Crippen LogP contribution in [0, 0.1) is 0 Å². The summed E-state index contributed by atoms with van der Waals surface area (Å²) in [4.78, 5) is 34.6. The molecule has 0 saturated carbocycles. The van der Waals surface area contributed by atoms with Crippen LogP contribution in [0.3, 0.4) is 0 Å². The Labute approximate surface area is 115 Å². The smallest absolute Gasteiger partial charge is 0.328 e. The number of rotatable bonds is 4. The van der Waals surface area contributed by atoms with Crippen LogP contribution in [0.1, 0.15) is 0 Å². The summed E-state index contributed by atoms with van der Waals surface area (Å²) < 4.78 is 5.10. The number of amides is 3. The molecule has 0 aliphatic heterocycles. The van der Waals surface area contributed by atoms with E-state index in [-0.39, 0.29) is 0 Å². The van der Waals surface area contributed by atoms with Crippen molar-refractivity contribution in [3.63, 3.8) is 0 Å². The minimum Gasteiger partial charge on any atom is -0.495 e. The summed E-state index contributed by atoms with van der Waals surface area (Å²) in [6, 6.07) is 6.08. The number of ether oxygens (including phenoxy) is 1. The molecule has 0 unspecified atom stereocenters. The van der Waals surface area contributed by atoms with Crippen LogP contribution in [-0.4, -0.2) is 37.2 Å². The number of carbonyl (C=O) groups is 3. The average molecular weight is 278 g/mol. The predicted octanol–water partition coefficient (Wildman–Crippen LogP) is 1.01. The van der Waals surface area contributed by atoms with Crippen LogP contribution in [0.4, 0.5) is 10.5 Å². The molecule has 3 amide bonds. The molecule has 0 aliphatic carbocycles. The predicted molar refractivity (Wildman–Crippen MR) is 71.7 cm³/mol. The Balaban J connectivity index is 2.77. The minimum absolute atomic E-state index is 0.471. The molecule has 0 fully saturated rings. The number of aliphatic carboxylic acids is 1. The Morgan fingerprint density at radius 1 is 1.25 bits per heavy atom. The highest BCUT2D eigenvalue weighted by Gasteiger charge is 2.16. The van der Waals surface area contributed by atoms with Gasteiger partial charge in [0.15, 0.2) is 0 Å². The van der Waals surface area contributed by atoms with E-state index in [1.54, 1.807) is 24.3 Å². The number of imide groups is 1. The Bertz CT molecular complexity index is 553. The van der Waals surface area contributed by atoms with Gasteiger partial charge >= 0.3 is 12.0 Å².